The lowest BCUT2D eigenvalue weighted by molar-refractivity contribution is 0.0217. The van der Waals surface area contributed by atoms with Gasteiger partial charge in [0.15, 0.2) is 0 Å². The molecule has 116 valence electrons. The fraction of sp³-hybridized carbons (Fsp3) is 0.400. The minimum Gasteiger partial charge on any atom is -0.475 e. The van der Waals surface area contributed by atoms with E-state index in [9.17, 15) is 0 Å². The molecule has 1 aliphatic rings. The van der Waals surface area contributed by atoms with Crippen LogP contribution in [0.2, 0.25) is 0 Å². The second-order valence-electron chi connectivity index (χ2n) is 6.20. The van der Waals surface area contributed by atoms with Crippen molar-refractivity contribution < 1.29 is 4.74 Å². The summed E-state index contributed by atoms with van der Waals surface area (Å²) in [4.78, 5) is 2.45. The van der Waals surface area contributed by atoms with E-state index in [0.29, 0.717) is 5.92 Å². The highest BCUT2D eigenvalue weighted by molar-refractivity contribution is 5.31. The molecule has 22 heavy (non-hydrogen) atoms. The molecule has 2 aromatic carbocycles. The molecule has 2 heteroatoms. The van der Waals surface area contributed by atoms with Crippen LogP contribution in [0.1, 0.15) is 36.8 Å². The van der Waals surface area contributed by atoms with Gasteiger partial charge in [-0.15, -0.1) is 0 Å². The van der Waals surface area contributed by atoms with E-state index in [4.69, 9.17) is 4.74 Å². The van der Waals surface area contributed by atoms with Gasteiger partial charge in [-0.25, -0.2) is 0 Å². The maximum Gasteiger partial charge on any atom is 0.149 e. The highest BCUT2D eigenvalue weighted by atomic mass is 16.5. The van der Waals surface area contributed by atoms with Crippen molar-refractivity contribution in [1.29, 1.82) is 0 Å². The molecule has 1 atom stereocenters. The Morgan fingerprint density at radius 2 is 1.59 bits per heavy atom. The maximum atomic E-state index is 6.15. The minimum absolute atomic E-state index is 0.137. The number of benzene rings is 2. The van der Waals surface area contributed by atoms with Gasteiger partial charge >= 0.3 is 0 Å². The Morgan fingerprint density at radius 3 is 2.27 bits per heavy atom. The van der Waals surface area contributed by atoms with Crippen LogP contribution >= 0.6 is 0 Å². The topological polar surface area (TPSA) is 12.5 Å². The monoisotopic (exact) mass is 295 g/mol. The van der Waals surface area contributed by atoms with Crippen LogP contribution in [-0.2, 0) is 0 Å². The summed E-state index contributed by atoms with van der Waals surface area (Å²) >= 11 is 0. The van der Waals surface area contributed by atoms with Crippen molar-refractivity contribution in [2.75, 3.05) is 13.1 Å². The summed E-state index contributed by atoms with van der Waals surface area (Å²) in [5.41, 5.74) is 2.68. The van der Waals surface area contributed by atoms with Gasteiger partial charge in [0.1, 0.15) is 12.0 Å². The Kier molecular flexibility index (Phi) is 4.79. The molecule has 0 bridgehead atoms. The number of para-hydroxylation sites is 1. The average molecular weight is 295 g/mol. The lowest BCUT2D eigenvalue weighted by atomic mass is 9.89. The van der Waals surface area contributed by atoms with Gasteiger partial charge in [0.25, 0.3) is 0 Å². The van der Waals surface area contributed by atoms with Crippen LogP contribution in [0.5, 0.6) is 5.75 Å². The largest absolute Gasteiger partial charge is 0.475 e. The SMILES string of the molecule is Cc1ccccc1OC(C)N1CCC(c2ccccc2)CC1. The molecule has 1 heterocycles. The number of likely N-dealkylation sites (tertiary alicyclic amines) is 1. The standard InChI is InChI=1S/C20H25NO/c1-16-8-6-7-11-20(16)22-17(2)21-14-12-19(13-15-21)18-9-4-3-5-10-18/h3-11,17,19H,12-15H2,1-2H3. The molecule has 1 fully saturated rings. The first kappa shape index (κ1) is 15.1. The number of hydrogen-bond donors (Lipinski definition) is 0. The van der Waals surface area contributed by atoms with Crippen molar-refractivity contribution in [1.82, 2.24) is 4.90 Å². The molecular formula is C20H25NO. The number of aryl methyl sites for hydroxylation is 1. The van der Waals surface area contributed by atoms with Gasteiger partial charge < -0.3 is 4.74 Å². The van der Waals surface area contributed by atoms with Gasteiger partial charge in [0.05, 0.1) is 0 Å². The van der Waals surface area contributed by atoms with E-state index in [1.807, 2.05) is 6.07 Å². The van der Waals surface area contributed by atoms with Gasteiger partial charge in [0.2, 0.25) is 0 Å². The summed E-state index contributed by atoms with van der Waals surface area (Å²) in [6.07, 6.45) is 2.56. The number of hydrogen-bond acceptors (Lipinski definition) is 2. The molecule has 0 amide bonds. The van der Waals surface area contributed by atoms with Gasteiger partial charge in [-0.05, 0) is 49.8 Å². The number of piperidine rings is 1. The molecule has 0 saturated carbocycles. The first-order chi connectivity index (χ1) is 10.7. The first-order valence-corrected chi connectivity index (χ1v) is 8.25. The summed E-state index contributed by atoms with van der Waals surface area (Å²) in [5.74, 6) is 1.70. The molecule has 2 nitrogen and oxygen atoms in total. The normalized spacial score (nSPS) is 18.1. The number of rotatable bonds is 4. The lowest BCUT2D eigenvalue weighted by Crippen LogP contribution is -2.42. The smallest absolute Gasteiger partial charge is 0.149 e. The van der Waals surface area contributed by atoms with E-state index >= 15 is 0 Å². The predicted molar refractivity (Wildman–Crippen MR) is 91.3 cm³/mol. The van der Waals surface area contributed by atoms with Crippen molar-refractivity contribution >= 4 is 0 Å². The van der Waals surface area contributed by atoms with E-state index in [2.05, 4.69) is 67.3 Å². The van der Waals surface area contributed by atoms with Crippen LogP contribution in [0.25, 0.3) is 0 Å². The summed E-state index contributed by atoms with van der Waals surface area (Å²) in [5, 5.41) is 0. The van der Waals surface area contributed by atoms with E-state index in [-0.39, 0.29) is 6.23 Å². The Bertz CT molecular complexity index is 588. The molecule has 3 rings (SSSR count). The van der Waals surface area contributed by atoms with Crippen molar-refractivity contribution in [3.8, 4) is 5.75 Å². The van der Waals surface area contributed by atoms with Crippen molar-refractivity contribution in [2.24, 2.45) is 0 Å². The molecule has 0 aromatic heterocycles. The van der Waals surface area contributed by atoms with Crippen LogP contribution in [0.4, 0.5) is 0 Å². The second-order valence-corrected chi connectivity index (χ2v) is 6.20. The van der Waals surface area contributed by atoms with Crippen molar-refractivity contribution in [2.45, 2.75) is 38.8 Å². The fourth-order valence-electron chi connectivity index (χ4n) is 3.27. The molecule has 1 aliphatic heterocycles. The lowest BCUT2D eigenvalue weighted by Gasteiger charge is -2.36. The van der Waals surface area contributed by atoms with Crippen molar-refractivity contribution in [3.63, 3.8) is 0 Å². The van der Waals surface area contributed by atoms with Crippen LogP contribution in [-0.4, -0.2) is 24.2 Å². The van der Waals surface area contributed by atoms with Crippen LogP contribution in [0.3, 0.4) is 0 Å². The minimum atomic E-state index is 0.137. The summed E-state index contributed by atoms with van der Waals surface area (Å²) in [6.45, 7) is 6.47. The Morgan fingerprint density at radius 1 is 0.955 bits per heavy atom. The summed E-state index contributed by atoms with van der Waals surface area (Å²) in [6, 6.07) is 19.1. The van der Waals surface area contributed by atoms with E-state index < -0.39 is 0 Å². The van der Waals surface area contributed by atoms with E-state index in [0.717, 1.165) is 18.8 Å². The molecule has 0 aliphatic carbocycles. The van der Waals surface area contributed by atoms with Gasteiger partial charge in [-0.2, -0.15) is 0 Å². The maximum absolute atomic E-state index is 6.15. The first-order valence-electron chi connectivity index (χ1n) is 8.25. The van der Waals surface area contributed by atoms with Crippen molar-refractivity contribution in [3.05, 3.63) is 65.7 Å². The van der Waals surface area contributed by atoms with Gasteiger partial charge in [-0.3, -0.25) is 4.90 Å². The van der Waals surface area contributed by atoms with Crippen LogP contribution in [0, 0.1) is 6.92 Å². The number of nitrogens with zero attached hydrogens (tertiary/aromatic N) is 1. The zero-order chi connectivity index (χ0) is 15.4. The van der Waals surface area contributed by atoms with E-state index in [1.165, 1.54) is 24.0 Å². The summed E-state index contributed by atoms with van der Waals surface area (Å²) < 4.78 is 6.15. The predicted octanol–water partition coefficient (Wildman–Crippen LogP) is 4.60. The molecular weight excluding hydrogens is 270 g/mol. The molecule has 0 radical (unpaired) electrons. The highest BCUT2D eigenvalue weighted by Crippen LogP contribution is 2.29. The summed E-state index contributed by atoms with van der Waals surface area (Å²) in [7, 11) is 0. The highest BCUT2D eigenvalue weighted by Gasteiger charge is 2.24. The van der Waals surface area contributed by atoms with Crippen LogP contribution in [0.15, 0.2) is 54.6 Å². The molecule has 1 unspecified atom stereocenters. The van der Waals surface area contributed by atoms with E-state index in [1.54, 1.807) is 0 Å². The van der Waals surface area contributed by atoms with Gasteiger partial charge in [-0.1, -0.05) is 48.5 Å². The Balaban J connectivity index is 1.56. The molecule has 0 N–H and O–H groups in total. The molecule has 2 aromatic rings. The fourth-order valence-corrected chi connectivity index (χ4v) is 3.27. The van der Waals surface area contributed by atoms with Crippen LogP contribution < -0.4 is 4.74 Å². The third-order valence-corrected chi connectivity index (χ3v) is 4.71. The third-order valence-electron chi connectivity index (χ3n) is 4.71. The zero-order valence-corrected chi connectivity index (χ0v) is 13.5. The van der Waals surface area contributed by atoms with Gasteiger partial charge in [0, 0.05) is 13.1 Å². The quantitative estimate of drug-likeness (QED) is 0.817. The molecule has 1 saturated heterocycles. The average Bonchev–Trinajstić information content (AvgIpc) is 2.58. The molecule has 0 spiro atoms. The number of ether oxygens (including phenoxy) is 1. The third kappa shape index (κ3) is 3.50. The zero-order valence-electron chi connectivity index (χ0n) is 13.5. The Hall–Kier alpha value is -1.80. The second kappa shape index (κ2) is 6.97. The Labute approximate surface area is 133 Å².